The first-order valence-electron chi connectivity index (χ1n) is 5.43. The molecule has 1 fully saturated rings. The summed E-state index contributed by atoms with van der Waals surface area (Å²) in [6, 6.07) is 0. The van der Waals surface area contributed by atoms with Crippen LogP contribution in [0.5, 0.6) is 0 Å². The van der Waals surface area contributed by atoms with Crippen molar-refractivity contribution >= 4 is 12.2 Å². The lowest BCUT2D eigenvalue weighted by Gasteiger charge is -2.20. The van der Waals surface area contributed by atoms with Crippen LogP contribution in [0.15, 0.2) is 0 Å². The molecule has 0 aromatic rings. The molecule has 1 saturated heterocycles. The van der Waals surface area contributed by atoms with E-state index in [1.807, 2.05) is 0 Å². The Labute approximate surface area is 95.1 Å². The predicted molar refractivity (Wildman–Crippen MR) is 57.2 cm³/mol. The number of carbonyl (C=O) groups is 2. The first kappa shape index (κ1) is 12.6. The monoisotopic (exact) mass is 230 g/mol. The van der Waals surface area contributed by atoms with Crippen LogP contribution in [0.25, 0.3) is 0 Å². The van der Waals surface area contributed by atoms with Gasteiger partial charge < -0.3 is 19.3 Å². The number of ether oxygens (including phenoxy) is 2. The Morgan fingerprint density at radius 3 is 2.12 bits per heavy atom. The molecule has 0 spiro atoms. The summed E-state index contributed by atoms with van der Waals surface area (Å²) < 4.78 is 9.55. The van der Waals surface area contributed by atoms with Crippen LogP contribution in [0, 0.1) is 0 Å². The quantitative estimate of drug-likeness (QED) is 0.672. The molecule has 0 unspecified atom stereocenters. The second-order valence-electron chi connectivity index (χ2n) is 3.50. The molecule has 0 aromatic carbocycles. The summed E-state index contributed by atoms with van der Waals surface area (Å²) >= 11 is 0. The van der Waals surface area contributed by atoms with Crippen molar-refractivity contribution < 1.29 is 19.1 Å². The Bertz CT molecular complexity index is 257. The minimum Gasteiger partial charge on any atom is -0.453 e. The molecule has 2 amide bonds. The van der Waals surface area contributed by atoms with Gasteiger partial charge in [-0.2, -0.15) is 0 Å². The van der Waals surface area contributed by atoms with E-state index in [-0.39, 0.29) is 12.2 Å². The lowest BCUT2D eigenvalue weighted by molar-refractivity contribution is 0.105. The summed E-state index contributed by atoms with van der Waals surface area (Å²) in [5.41, 5.74) is 0. The van der Waals surface area contributed by atoms with E-state index in [4.69, 9.17) is 4.74 Å². The van der Waals surface area contributed by atoms with Crippen LogP contribution in [0.3, 0.4) is 0 Å². The summed E-state index contributed by atoms with van der Waals surface area (Å²) in [5, 5.41) is 0. The molecule has 0 aromatic heterocycles. The highest BCUT2D eigenvalue weighted by atomic mass is 16.6. The number of methoxy groups -OCH3 is 1. The van der Waals surface area contributed by atoms with Crippen molar-refractivity contribution in [3.8, 4) is 0 Å². The Morgan fingerprint density at radius 1 is 1.06 bits per heavy atom. The third-order valence-corrected chi connectivity index (χ3v) is 2.45. The Hall–Kier alpha value is -1.46. The zero-order valence-electron chi connectivity index (χ0n) is 9.77. The Kier molecular flexibility index (Phi) is 4.88. The number of nitrogens with zero attached hydrogens (tertiary/aromatic N) is 2. The molecule has 0 bridgehead atoms. The third kappa shape index (κ3) is 3.29. The normalized spacial score (nSPS) is 16.6. The van der Waals surface area contributed by atoms with Crippen molar-refractivity contribution in [3.05, 3.63) is 0 Å². The molecule has 0 N–H and O–H groups in total. The third-order valence-electron chi connectivity index (χ3n) is 2.45. The number of amides is 2. The molecule has 0 saturated carbocycles. The van der Waals surface area contributed by atoms with Crippen LogP contribution < -0.4 is 0 Å². The molecule has 6 heteroatoms. The van der Waals surface area contributed by atoms with Crippen LogP contribution >= 0.6 is 0 Å². The van der Waals surface area contributed by atoms with Gasteiger partial charge in [0.15, 0.2) is 0 Å². The number of hydrogen-bond donors (Lipinski definition) is 0. The van der Waals surface area contributed by atoms with Crippen molar-refractivity contribution in [1.82, 2.24) is 9.80 Å². The zero-order chi connectivity index (χ0) is 12.0. The highest BCUT2D eigenvalue weighted by Gasteiger charge is 2.22. The molecule has 0 radical (unpaired) electrons. The van der Waals surface area contributed by atoms with E-state index in [0.29, 0.717) is 32.8 Å². The largest absolute Gasteiger partial charge is 0.453 e. The predicted octanol–water partition coefficient (Wildman–Crippen LogP) is 0.917. The minimum atomic E-state index is -0.342. The molecule has 1 rings (SSSR count). The van der Waals surface area contributed by atoms with Crippen molar-refractivity contribution in [1.29, 1.82) is 0 Å². The smallest absolute Gasteiger partial charge is 0.409 e. The average Bonchev–Trinajstić information content (AvgIpc) is 2.53. The van der Waals surface area contributed by atoms with Gasteiger partial charge in [0.1, 0.15) is 0 Å². The van der Waals surface area contributed by atoms with E-state index in [9.17, 15) is 9.59 Å². The fraction of sp³-hybridized carbons (Fsp3) is 0.800. The van der Waals surface area contributed by atoms with Gasteiger partial charge in [0, 0.05) is 26.2 Å². The fourth-order valence-corrected chi connectivity index (χ4v) is 1.63. The van der Waals surface area contributed by atoms with E-state index in [1.54, 1.807) is 16.7 Å². The van der Waals surface area contributed by atoms with Gasteiger partial charge in [0.05, 0.1) is 13.7 Å². The lowest BCUT2D eigenvalue weighted by atomic mass is 10.4. The van der Waals surface area contributed by atoms with Gasteiger partial charge in [-0.3, -0.25) is 0 Å². The van der Waals surface area contributed by atoms with Crippen LogP contribution in [0.4, 0.5) is 9.59 Å². The molecule has 6 nitrogen and oxygen atoms in total. The van der Waals surface area contributed by atoms with Gasteiger partial charge in [0.25, 0.3) is 0 Å². The zero-order valence-corrected chi connectivity index (χ0v) is 9.77. The molecule has 1 heterocycles. The van der Waals surface area contributed by atoms with Crippen molar-refractivity contribution in [2.24, 2.45) is 0 Å². The van der Waals surface area contributed by atoms with Crippen LogP contribution in [0.2, 0.25) is 0 Å². The summed E-state index contributed by atoms with van der Waals surface area (Å²) in [7, 11) is 1.36. The maximum absolute atomic E-state index is 11.5. The Balaban J connectivity index is 2.46. The molecule has 0 atom stereocenters. The van der Waals surface area contributed by atoms with Gasteiger partial charge in [-0.05, 0) is 13.3 Å². The number of hydrogen-bond acceptors (Lipinski definition) is 4. The van der Waals surface area contributed by atoms with Gasteiger partial charge in [0.2, 0.25) is 0 Å². The first-order valence-corrected chi connectivity index (χ1v) is 5.43. The van der Waals surface area contributed by atoms with Gasteiger partial charge in [-0.1, -0.05) is 0 Å². The van der Waals surface area contributed by atoms with Crippen LogP contribution in [0.1, 0.15) is 13.3 Å². The maximum atomic E-state index is 11.5. The SMILES string of the molecule is CCOC(=O)N1CCCN(C(=O)OC)CC1. The molecular formula is C10H18N2O4. The molecule has 92 valence electrons. The number of rotatable bonds is 1. The van der Waals surface area contributed by atoms with E-state index in [1.165, 1.54) is 7.11 Å². The second kappa shape index (κ2) is 6.19. The van der Waals surface area contributed by atoms with Crippen molar-refractivity contribution in [3.63, 3.8) is 0 Å². The summed E-state index contributed by atoms with van der Waals surface area (Å²) in [5.74, 6) is 0. The topological polar surface area (TPSA) is 59.1 Å². The van der Waals surface area contributed by atoms with Crippen molar-refractivity contribution in [2.75, 3.05) is 39.9 Å². The fourth-order valence-electron chi connectivity index (χ4n) is 1.63. The second-order valence-corrected chi connectivity index (χ2v) is 3.50. The van der Waals surface area contributed by atoms with Gasteiger partial charge in [-0.25, -0.2) is 9.59 Å². The summed E-state index contributed by atoms with van der Waals surface area (Å²) in [6.45, 7) is 4.36. The average molecular weight is 230 g/mol. The molecule has 1 aliphatic rings. The molecule has 16 heavy (non-hydrogen) atoms. The van der Waals surface area contributed by atoms with E-state index >= 15 is 0 Å². The molecular weight excluding hydrogens is 212 g/mol. The van der Waals surface area contributed by atoms with Crippen LogP contribution in [-0.4, -0.2) is 61.9 Å². The summed E-state index contributed by atoms with van der Waals surface area (Å²) in [4.78, 5) is 26.0. The molecule has 1 aliphatic heterocycles. The standard InChI is InChI=1S/C10H18N2O4/c1-3-16-10(14)12-6-4-5-11(7-8-12)9(13)15-2/h3-8H2,1-2H3. The first-order chi connectivity index (χ1) is 7.69. The number of carbonyl (C=O) groups excluding carboxylic acids is 2. The van der Waals surface area contributed by atoms with E-state index < -0.39 is 0 Å². The lowest BCUT2D eigenvalue weighted by Crippen LogP contribution is -2.37. The minimum absolute atomic E-state index is 0.311. The van der Waals surface area contributed by atoms with E-state index in [0.717, 1.165) is 6.42 Å². The summed E-state index contributed by atoms with van der Waals surface area (Å²) in [6.07, 6.45) is 0.0911. The highest BCUT2D eigenvalue weighted by Crippen LogP contribution is 2.05. The van der Waals surface area contributed by atoms with Crippen molar-refractivity contribution in [2.45, 2.75) is 13.3 Å². The van der Waals surface area contributed by atoms with E-state index in [2.05, 4.69) is 4.74 Å². The van der Waals surface area contributed by atoms with Gasteiger partial charge in [-0.15, -0.1) is 0 Å². The van der Waals surface area contributed by atoms with Crippen LogP contribution in [-0.2, 0) is 9.47 Å². The molecule has 0 aliphatic carbocycles. The Morgan fingerprint density at radius 2 is 1.62 bits per heavy atom. The maximum Gasteiger partial charge on any atom is 0.409 e. The van der Waals surface area contributed by atoms with Gasteiger partial charge >= 0.3 is 12.2 Å². The highest BCUT2D eigenvalue weighted by molar-refractivity contribution is 5.69.